The molecular weight excluding hydrogens is 759 g/mol. The quantitative estimate of drug-likeness (QED) is 0.156. The van der Waals surface area contributed by atoms with E-state index in [9.17, 15) is 0 Å². The van der Waals surface area contributed by atoms with Gasteiger partial charge in [-0.3, -0.25) is 0 Å². The second-order valence-corrected chi connectivity index (χ2v) is 15.7. The largest absolute Gasteiger partial charge is 0.314 e. The summed E-state index contributed by atoms with van der Waals surface area (Å²) in [5, 5.41) is 0. The highest BCUT2D eigenvalue weighted by molar-refractivity contribution is 5.96. The van der Waals surface area contributed by atoms with E-state index in [4.69, 9.17) is 0 Å². The van der Waals surface area contributed by atoms with Crippen LogP contribution in [-0.4, -0.2) is 0 Å². The van der Waals surface area contributed by atoms with Crippen LogP contribution in [0.1, 0.15) is 120 Å². The number of nitrogens with zero attached hydrogens (tertiary/aromatic N) is 1. The molecule has 0 heterocycles. The van der Waals surface area contributed by atoms with Gasteiger partial charge in [-0.25, -0.2) is 0 Å². The molecule has 0 N–H and O–H groups in total. The summed E-state index contributed by atoms with van der Waals surface area (Å²) in [6.45, 7) is 18.3. The fourth-order valence-electron chi connectivity index (χ4n) is 9.99. The molecule has 11 rings (SSSR count). The third kappa shape index (κ3) is 7.84. The molecule has 0 aliphatic heterocycles. The van der Waals surface area contributed by atoms with E-state index in [0.29, 0.717) is 0 Å². The molecule has 0 bridgehead atoms. The van der Waals surface area contributed by atoms with Crippen molar-refractivity contribution in [1.29, 1.82) is 0 Å². The molecule has 4 aliphatic carbocycles. The minimum absolute atomic E-state index is 0.344. The number of benzene rings is 7. The maximum Gasteiger partial charge on any atom is 0.0725 e. The molecule has 7 aromatic carbocycles. The van der Waals surface area contributed by atoms with E-state index < -0.39 is 0 Å². The second-order valence-electron chi connectivity index (χ2n) is 15.7. The predicted molar refractivity (Wildman–Crippen MR) is 275 cm³/mol. The van der Waals surface area contributed by atoms with Crippen molar-refractivity contribution in [3.8, 4) is 33.4 Å². The van der Waals surface area contributed by atoms with Crippen molar-refractivity contribution in [2.75, 3.05) is 4.90 Å². The van der Waals surface area contributed by atoms with Gasteiger partial charge in [0.2, 0.25) is 0 Å². The highest BCUT2D eigenvalue weighted by atomic mass is 15.1. The van der Waals surface area contributed by atoms with Crippen LogP contribution in [0, 0.1) is 0 Å². The first-order valence-electron chi connectivity index (χ1n) is 23.7. The molecule has 7 aromatic rings. The van der Waals surface area contributed by atoms with Crippen LogP contribution in [0.5, 0.6) is 0 Å². The van der Waals surface area contributed by atoms with Gasteiger partial charge in [-0.15, -0.1) is 0 Å². The Balaban J connectivity index is 0.000000552. The Morgan fingerprint density at radius 1 is 0.460 bits per heavy atom. The zero-order valence-corrected chi connectivity index (χ0v) is 39.1. The summed E-state index contributed by atoms with van der Waals surface area (Å²) >= 11 is 0. The Morgan fingerprint density at radius 3 is 1.63 bits per heavy atom. The van der Waals surface area contributed by atoms with E-state index in [1.807, 2.05) is 67.5 Å². The van der Waals surface area contributed by atoms with E-state index in [-0.39, 0.29) is 5.41 Å². The molecule has 1 nitrogen and oxygen atoms in total. The molecule has 63 heavy (non-hydrogen) atoms. The molecule has 4 aliphatic rings. The Kier molecular flexibility index (Phi) is 14.3. The van der Waals surface area contributed by atoms with E-state index in [0.717, 1.165) is 25.7 Å². The first-order chi connectivity index (χ1) is 31.1. The van der Waals surface area contributed by atoms with Crippen LogP contribution in [0.3, 0.4) is 0 Å². The van der Waals surface area contributed by atoms with E-state index in [1.165, 1.54) is 101 Å². The van der Waals surface area contributed by atoms with Crippen molar-refractivity contribution in [2.45, 2.75) is 93.4 Å². The van der Waals surface area contributed by atoms with Crippen molar-refractivity contribution in [3.63, 3.8) is 0 Å². The van der Waals surface area contributed by atoms with Gasteiger partial charge in [0.05, 0.1) is 5.41 Å². The Hall–Kier alpha value is -6.44. The number of rotatable bonds is 5. The van der Waals surface area contributed by atoms with Crippen LogP contribution in [0.4, 0.5) is 11.4 Å². The lowest BCUT2D eigenvalue weighted by Crippen LogP contribution is -2.26. The van der Waals surface area contributed by atoms with Crippen LogP contribution in [0.25, 0.3) is 39.0 Å². The maximum absolute atomic E-state index is 2.55. The van der Waals surface area contributed by atoms with Crippen LogP contribution >= 0.6 is 0 Å². The van der Waals surface area contributed by atoms with Crippen molar-refractivity contribution >= 4 is 16.9 Å². The molecule has 0 unspecified atom stereocenters. The number of fused-ring (bicyclic) bond motifs is 13. The number of aryl methyl sites for hydroxylation is 1. The summed E-state index contributed by atoms with van der Waals surface area (Å²) < 4.78 is 0. The molecule has 0 radical (unpaired) electrons. The highest BCUT2D eigenvalue weighted by Crippen LogP contribution is 2.63. The predicted octanol–water partition coefficient (Wildman–Crippen LogP) is 17.7. The molecule has 1 heteroatoms. The minimum atomic E-state index is -0.344. The molecule has 0 saturated carbocycles. The average Bonchev–Trinajstić information content (AvgIpc) is 4.00. The lowest BCUT2D eigenvalue weighted by Gasteiger charge is -2.32. The number of hydrogen-bond donors (Lipinski definition) is 0. The standard InChI is InChI=1S/C52H39N.C4H8.3C2H6/c1-2-34-20-27-46-47-33-41(26-29-50(47)52(51(46)30-34)48-18-10-8-16-44(48)45-17-9-11-19-49(45)52)53(39-23-21-36(22-24-39)35-12-4-3-5-13-35)40-25-28-43-38(32-40)31-37-14-6-7-15-42(37)43;1-3-4-2;3*1-2/h3-21,23,25-30,32-33H,2,22,24,31H2,1H3;3-4H,1-2H3;3*1-2H3/b;4-3-;;;. The normalized spacial score (nSPS) is 13.6. The third-order valence-electron chi connectivity index (χ3n) is 12.7. The van der Waals surface area contributed by atoms with Crippen LogP contribution in [-0.2, 0) is 18.3 Å². The first-order valence-corrected chi connectivity index (χ1v) is 23.7. The second kappa shape index (κ2) is 20.2. The average molecular weight is 824 g/mol. The minimum Gasteiger partial charge on any atom is -0.314 e. The Morgan fingerprint density at radius 2 is 1.00 bits per heavy atom. The van der Waals surface area contributed by atoms with E-state index in [1.54, 1.807) is 0 Å². The molecule has 318 valence electrons. The summed E-state index contributed by atoms with van der Waals surface area (Å²) in [5.41, 5.74) is 24.0. The van der Waals surface area contributed by atoms with Gasteiger partial charge in [-0.05, 0) is 153 Å². The van der Waals surface area contributed by atoms with Crippen LogP contribution in [0.2, 0.25) is 0 Å². The summed E-state index contributed by atoms with van der Waals surface area (Å²) in [4.78, 5) is 2.55. The van der Waals surface area contributed by atoms with Gasteiger partial charge in [-0.2, -0.15) is 0 Å². The molecule has 0 fully saturated rings. The summed E-state index contributed by atoms with van der Waals surface area (Å²) in [7, 11) is 0. The summed E-state index contributed by atoms with van der Waals surface area (Å²) in [6, 6.07) is 59.7. The lowest BCUT2D eigenvalue weighted by molar-refractivity contribution is 0.791. The van der Waals surface area contributed by atoms with E-state index in [2.05, 4.69) is 182 Å². The molecule has 0 atom stereocenters. The number of hydrogen-bond acceptors (Lipinski definition) is 1. The molecule has 0 saturated heterocycles. The summed E-state index contributed by atoms with van der Waals surface area (Å²) in [6.07, 6.45) is 12.7. The topological polar surface area (TPSA) is 3.24 Å². The van der Waals surface area contributed by atoms with Gasteiger partial charge in [0, 0.05) is 17.1 Å². The lowest BCUT2D eigenvalue weighted by atomic mass is 9.70. The SMILES string of the molecule is C/C=C\C.CC.CC.CC.CCc1ccc2c(c1)C1(c3ccccc3-c3ccccc31)c1ccc(N(C3=CC=C(c4ccccc4)CC3)c3ccc4c(c3)Cc3ccccc3-4)cc1-2. The van der Waals surface area contributed by atoms with Gasteiger partial charge < -0.3 is 4.90 Å². The van der Waals surface area contributed by atoms with Gasteiger partial charge in [0.25, 0.3) is 0 Å². The zero-order chi connectivity index (χ0) is 44.5. The van der Waals surface area contributed by atoms with Gasteiger partial charge >= 0.3 is 0 Å². The van der Waals surface area contributed by atoms with Gasteiger partial charge in [0.1, 0.15) is 0 Å². The first kappa shape index (κ1) is 44.6. The van der Waals surface area contributed by atoms with Gasteiger partial charge in [0.15, 0.2) is 0 Å². The fourth-order valence-corrected chi connectivity index (χ4v) is 9.99. The van der Waals surface area contributed by atoms with E-state index >= 15 is 0 Å². The maximum atomic E-state index is 2.55. The molecule has 1 spiro atoms. The molecule has 0 aromatic heterocycles. The van der Waals surface area contributed by atoms with Crippen molar-refractivity contribution in [3.05, 3.63) is 232 Å². The van der Waals surface area contributed by atoms with Crippen LogP contribution in [0.15, 0.2) is 188 Å². The monoisotopic (exact) mass is 824 g/mol. The Bertz CT molecular complexity index is 2730. The van der Waals surface area contributed by atoms with Gasteiger partial charge in [-0.1, -0.05) is 200 Å². The smallest absolute Gasteiger partial charge is 0.0725 e. The number of anilines is 2. The zero-order valence-electron chi connectivity index (χ0n) is 39.1. The van der Waals surface area contributed by atoms with Crippen LogP contribution < -0.4 is 4.90 Å². The fraction of sp³-hybridized carbons (Fsp3) is 0.226. The highest BCUT2D eigenvalue weighted by Gasteiger charge is 2.51. The molecular formula is C62H65N. The van der Waals surface area contributed by atoms with Crippen molar-refractivity contribution in [1.82, 2.24) is 0 Å². The van der Waals surface area contributed by atoms with Crippen molar-refractivity contribution < 1.29 is 0 Å². The third-order valence-corrected chi connectivity index (χ3v) is 12.7. The summed E-state index contributed by atoms with van der Waals surface area (Å²) in [5.74, 6) is 0. The Labute approximate surface area is 379 Å². The van der Waals surface area contributed by atoms with Crippen molar-refractivity contribution in [2.24, 2.45) is 0 Å². The number of allylic oxidation sites excluding steroid dienone is 6. The molecule has 0 amide bonds.